The first kappa shape index (κ1) is 12.4. The minimum atomic E-state index is -1.02. The molecule has 0 heterocycles. The first-order valence-electron chi connectivity index (χ1n) is 3.86. The number of hydrogen-bond donors (Lipinski definition) is 4. The van der Waals surface area contributed by atoms with E-state index in [0.29, 0.717) is 18.8 Å². The minimum Gasteiger partial charge on any atom is -0.480 e. The van der Waals surface area contributed by atoms with E-state index in [2.05, 4.69) is 5.32 Å². The molecule has 76 valence electrons. The number of nitrogens with one attached hydrogen (secondary N) is 2. The lowest BCUT2D eigenvalue weighted by molar-refractivity contribution is -0.137. The van der Waals surface area contributed by atoms with Crippen LogP contribution in [0.3, 0.4) is 0 Å². The van der Waals surface area contributed by atoms with E-state index < -0.39 is 12.0 Å². The lowest BCUT2D eigenvalue weighted by atomic mass is 10.1. The predicted octanol–water partition coefficient (Wildman–Crippen LogP) is -0.282. The van der Waals surface area contributed by atoms with Gasteiger partial charge in [-0.15, -0.1) is 11.8 Å². The van der Waals surface area contributed by atoms with Crippen LogP contribution in [-0.2, 0) is 4.79 Å². The fraction of sp³-hybridized carbons (Fsp3) is 0.714. The molecule has 6 heteroatoms. The number of rotatable bonds is 7. The molecule has 0 radical (unpaired) electrons. The minimum absolute atomic E-state index is 0.129. The van der Waals surface area contributed by atoms with Crippen LogP contribution in [0.4, 0.5) is 0 Å². The Morgan fingerprint density at radius 1 is 1.77 bits per heavy atom. The molecule has 0 amide bonds. The highest BCUT2D eigenvalue weighted by molar-refractivity contribution is 7.98. The molecule has 0 unspecified atom stereocenters. The molecule has 0 aliphatic heterocycles. The van der Waals surface area contributed by atoms with Gasteiger partial charge in [0.2, 0.25) is 0 Å². The van der Waals surface area contributed by atoms with Gasteiger partial charge in [0.1, 0.15) is 6.04 Å². The Hall–Kier alpha value is -0.590. The topological polar surface area (TPSA) is 99.2 Å². The van der Waals surface area contributed by atoms with Crippen molar-refractivity contribution in [3.63, 3.8) is 0 Å². The van der Waals surface area contributed by atoms with Gasteiger partial charge in [0.15, 0.2) is 0 Å². The van der Waals surface area contributed by atoms with Crippen molar-refractivity contribution >= 4 is 23.4 Å². The number of carboxylic acids is 1. The van der Waals surface area contributed by atoms with Crippen molar-refractivity contribution in [2.75, 3.05) is 18.7 Å². The zero-order valence-electron chi connectivity index (χ0n) is 7.54. The number of carbonyl (C=O) groups is 1. The van der Waals surface area contributed by atoms with Crippen molar-refractivity contribution in [1.82, 2.24) is 5.32 Å². The molecule has 0 aromatic rings. The van der Waals surface area contributed by atoms with Gasteiger partial charge in [-0.2, -0.15) is 0 Å². The maximum absolute atomic E-state index is 10.7. The summed E-state index contributed by atoms with van der Waals surface area (Å²) in [6, 6.07) is -0.893. The van der Waals surface area contributed by atoms with Crippen LogP contribution in [0.15, 0.2) is 0 Å². The van der Waals surface area contributed by atoms with E-state index >= 15 is 0 Å². The zero-order chi connectivity index (χ0) is 10.3. The van der Waals surface area contributed by atoms with E-state index in [1.165, 1.54) is 11.8 Å². The Kier molecular flexibility index (Phi) is 6.56. The molecule has 5 N–H and O–H groups in total. The number of nitrogens with two attached hydrogens (primary N) is 1. The van der Waals surface area contributed by atoms with Crippen LogP contribution in [0.1, 0.15) is 6.42 Å². The Bertz CT molecular complexity index is 187. The third kappa shape index (κ3) is 4.87. The van der Waals surface area contributed by atoms with Gasteiger partial charge < -0.3 is 16.2 Å². The Morgan fingerprint density at radius 2 is 2.38 bits per heavy atom. The summed E-state index contributed by atoms with van der Waals surface area (Å²) in [6.45, 7) is 0.309. The molecular formula is C7H15N3O2S. The van der Waals surface area contributed by atoms with Gasteiger partial charge >= 0.3 is 5.97 Å². The molecule has 0 aliphatic carbocycles. The molecule has 0 saturated carbocycles. The van der Waals surface area contributed by atoms with Gasteiger partial charge in [0.25, 0.3) is 0 Å². The zero-order valence-corrected chi connectivity index (χ0v) is 8.36. The molecule has 0 aromatic carbocycles. The Balaban J connectivity index is 4.07. The standard InChI is InChI=1S/C7H15N3O2S/c1-13-4-10-6(7(11)12)5(9)2-3-8/h6,9-10H,2-4,8H2,1H3,(H,11,12)/t6-/m0/s1. The fourth-order valence-corrected chi connectivity index (χ4v) is 1.16. The lowest BCUT2D eigenvalue weighted by Crippen LogP contribution is -2.43. The highest BCUT2D eigenvalue weighted by Crippen LogP contribution is 1.95. The third-order valence-electron chi connectivity index (χ3n) is 1.44. The normalized spacial score (nSPS) is 12.5. The van der Waals surface area contributed by atoms with Crippen LogP contribution in [0.25, 0.3) is 0 Å². The van der Waals surface area contributed by atoms with Crippen LogP contribution >= 0.6 is 11.8 Å². The number of carboxylic acid groups (broad SMARTS) is 1. The summed E-state index contributed by atoms with van der Waals surface area (Å²) in [6.07, 6.45) is 2.18. The average molecular weight is 205 g/mol. The average Bonchev–Trinajstić information content (AvgIpc) is 2.05. The monoisotopic (exact) mass is 205 g/mol. The van der Waals surface area contributed by atoms with Gasteiger partial charge in [0.05, 0.1) is 0 Å². The highest BCUT2D eigenvalue weighted by Gasteiger charge is 2.20. The quantitative estimate of drug-likeness (QED) is 0.338. The molecule has 0 spiro atoms. The van der Waals surface area contributed by atoms with Crippen molar-refractivity contribution in [1.29, 1.82) is 5.41 Å². The van der Waals surface area contributed by atoms with E-state index in [1.807, 2.05) is 6.26 Å². The van der Waals surface area contributed by atoms with Crippen LogP contribution in [0.5, 0.6) is 0 Å². The van der Waals surface area contributed by atoms with E-state index in [-0.39, 0.29) is 5.71 Å². The number of hydrogen-bond acceptors (Lipinski definition) is 5. The predicted molar refractivity (Wildman–Crippen MR) is 54.3 cm³/mol. The maximum atomic E-state index is 10.7. The molecule has 13 heavy (non-hydrogen) atoms. The summed E-state index contributed by atoms with van der Waals surface area (Å²) in [5.74, 6) is -0.503. The summed E-state index contributed by atoms with van der Waals surface area (Å²) >= 11 is 1.48. The first-order valence-corrected chi connectivity index (χ1v) is 5.25. The molecular weight excluding hydrogens is 190 g/mol. The molecule has 0 saturated heterocycles. The molecule has 1 atom stereocenters. The second kappa shape index (κ2) is 6.88. The van der Waals surface area contributed by atoms with Crippen LogP contribution < -0.4 is 11.1 Å². The summed E-state index contributed by atoms with van der Waals surface area (Å²) in [5, 5.41) is 18.9. The van der Waals surface area contributed by atoms with E-state index in [0.717, 1.165) is 0 Å². The SMILES string of the molecule is CSCN[C@@H](C(=N)CCN)C(=O)O. The molecule has 5 nitrogen and oxygen atoms in total. The molecule has 0 rings (SSSR count). The lowest BCUT2D eigenvalue weighted by Gasteiger charge is -2.13. The first-order chi connectivity index (χ1) is 6.13. The van der Waals surface area contributed by atoms with E-state index in [9.17, 15) is 4.79 Å². The van der Waals surface area contributed by atoms with E-state index in [1.54, 1.807) is 0 Å². The van der Waals surface area contributed by atoms with Gasteiger partial charge in [0, 0.05) is 11.6 Å². The molecule has 0 aromatic heterocycles. The maximum Gasteiger partial charge on any atom is 0.326 e. The van der Waals surface area contributed by atoms with Crippen molar-refractivity contribution in [2.24, 2.45) is 5.73 Å². The van der Waals surface area contributed by atoms with Crippen LogP contribution in [0.2, 0.25) is 0 Å². The summed E-state index contributed by atoms with van der Waals surface area (Å²) < 4.78 is 0. The van der Waals surface area contributed by atoms with Crippen molar-refractivity contribution in [3.05, 3.63) is 0 Å². The van der Waals surface area contributed by atoms with Gasteiger partial charge in [-0.25, -0.2) is 0 Å². The molecule has 0 aliphatic rings. The molecule has 0 bridgehead atoms. The summed E-state index contributed by atoms with van der Waals surface area (Å²) in [5.41, 5.74) is 5.36. The third-order valence-corrected chi connectivity index (χ3v) is 1.90. The van der Waals surface area contributed by atoms with Gasteiger partial charge in [-0.1, -0.05) is 0 Å². The van der Waals surface area contributed by atoms with Crippen molar-refractivity contribution < 1.29 is 9.90 Å². The summed E-state index contributed by atoms with van der Waals surface area (Å²) in [7, 11) is 0. The second-order valence-corrected chi connectivity index (χ2v) is 3.34. The van der Waals surface area contributed by atoms with Gasteiger partial charge in [-0.05, 0) is 19.2 Å². The van der Waals surface area contributed by atoms with Crippen LogP contribution in [0, 0.1) is 5.41 Å². The van der Waals surface area contributed by atoms with Crippen molar-refractivity contribution in [2.45, 2.75) is 12.5 Å². The summed E-state index contributed by atoms with van der Waals surface area (Å²) in [4.78, 5) is 10.7. The molecule has 0 fully saturated rings. The Labute approximate surface area is 81.6 Å². The van der Waals surface area contributed by atoms with E-state index in [4.69, 9.17) is 16.2 Å². The van der Waals surface area contributed by atoms with Crippen LogP contribution in [-0.4, -0.2) is 41.5 Å². The smallest absolute Gasteiger partial charge is 0.326 e. The Morgan fingerprint density at radius 3 is 2.77 bits per heavy atom. The fourth-order valence-electron chi connectivity index (χ4n) is 0.826. The number of aliphatic carboxylic acids is 1. The highest BCUT2D eigenvalue weighted by atomic mass is 32.2. The van der Waals surface area contributed by atoms with Gasteiger partial charge in [-0.3, -0.25) is 10.1 Å². The van der Waals surface area contributed by atoms with Crippen molar-refractivity contribution in [3.8, 4) is 0 Å². The second-order valence-electron chi connectivity index (χ2n) is 2.47. The number of thioether (sulfide) groups is 1. The largest absolute Gasteiger partial charge is 0.480 e.